The molecule has 1 saturated carbocycles. The van der Waals surface area contributed by atoms with Crippen molar-refractivity contribution in [2.24, 2.45) is 0 Å². The van der Waals surface area contributed by atoms with E-state index in [0.29, 0.717) is 6.04 Å². The van der Waals surface area contributed by atoms with E-state index in [4.69, 9.17) is 0 Å². The minimum Gasteiger partial charge on any atom is -0.368 e. The molecule has 19 heavy (non-hydrogen) atoms. The Bertz CT molecular complexity index is 409. The molecule has 2 heteroatoms. The summed E-state index contributed by atoms with van der Waals surface area (Å²) in [7, 11) is 2.09. The van der Waals surface area contributed by atoms with Gasteiger partial charge < -0.3 is 10.2 Å². The van der Waals surface area contributed by atoms with Gasteiger partial charge in [0.1, 0.15) is 0 Å². The van der Waals surface area contributed by atoms with E-state index in [1.54, 1.807) is 0 Å². The summed E-state index contributed by atoms with van der Waals surface area (Å²) in [5, 5.41) is 3.50. The average molecular weight is 258 g/mol. The van der Waals surface area contributed by atoms with Crippen LogP contribution in [0.15, 0.2) is 24.3 Å². The van der Waals surface area contributed by atoms with Crippen LogP contribution in [0.1, 0.15) is 56.6 Å². The third-order valence-electron chi connectivity index (χ3n) is 4.88. The highest BCUT2D eigenvalue weighted by molar-refractivity contribution is 5.56. The number of para-hydroxylation sites is 1. The van der Waals surface area contributed by atoms with Gasteiger partial charge in [-0.3, -0.25) is 0 Å². The van der Waals surface area contributed by atoms with E-state index in [2.05, 4.69) is 41.5 Å². The molecule has 1 atom stereocenters. The SMILES string of the molecule is CNC1CCCN(C2CCCCC2)c2ccccc21. The summed E-state index contributed by atoms with van der Waals surface area (Å²) < 4.78 is 0. The van der Waals surface area contributed by atoms with Gasteiger partial charge in [0.05, 0.1) is 0 Å². The number of fused-ring (bicyclic) bond motifs is 1. The molecular formula is C17H26N2. The lowest BCUT2D eigenvalue weighted by Gasteiger charge is -2.36. The number of nitrogens with one attached hydrogen (secondary N) is 1. The molecule has 1 unspecified atom stereocenters. The Morgan fingerprint density at radius 3 is 2.58 bits per heavy atom. The highest BCUT2D eigenvalue weighted by Gasteiger charge is 2.27. The number of nitrogens with zero attached hydrogens (tertiary/aromatic N) is 1. The zero-order chi connectivity index (χ0) is 13.1. The number of benzene rings is 1. The first-order valence-corrected chi connectivity index (χ1v) is 7.93. The molecule has 0 spiro atoms. The van der Waals surface area contributed by atoms with E-state index >= 15 is 0 Å². The van der Waals surface area contributed by atoms with E-state index in [-0.39, 0.29) is 0 Å². The fourth-order valence-electron chi connectivity index (χ4n) is 3.86. The molecule has 0 aromatic heterocycles. The van der Waals surface area contributed by atoms with Crippen molar-refractivity contribution in [3.05, 3.63) is 29.8 Å². The molecule has 1 aromatic carbocycles. The monoisotopic (exact) mass is 258 g/mol. The van der Waals surface area contributed by atoms with Crippen LogP contribution in [-0.4, -0.2) is 19.6 Å². The Morgan fingerprint density at radius 1 is 1.00 bits per heavy atom. The lowest BCUT2D eigenvalue weighted by atomic mass is 9.93. The highest BCUT2D eigenvalue weighted by Crippen LogP contribution is 2.36. The number of hydrogen-bond donors (Lipinski definition) is 1. The predicted molar refractivity (Wildman–Crippen MR) is 81.7 cm³/mol. The number of rotatable bonds is 2. The van der Waals surface area contributed by atoms with Gasteiger partial charge in [0.25, 0.3) is 0 Å². The Morgan fingerprint density at radius 2 is 1.79 bits per heavy atom. The quantitative estimate of drug-likeness (QED) is 0.866. The van der Waals surface area contributed by atoms with Crippen LogP contribution < -0.4 is 10.2 Å². The largest absolute Gasteiger partial charge is 0.368 e. The molecule has 1 heterocycles. The standard InChI is InChI=1S/C17H26N2/c1-18-16-11-7-13-19(14-8-3-2-4-9-14)17-12-6-5-10-15(16)17/h5-6,10,12,14,16,18H,2-4,7-9,11,13H2,1H3. The maximum absolute atomic E-state index is 3.50. The number of anilines is 1. The average Bonchev–Trinajstić information content (AvgIpc) is 2.67. The predicted octanol–water partition coefficient (Wildman–Crippen LogP) is 3.88. The second-order valence-corrected chi connectivity index (χ2v) is 6.03. The molecule has 1 aliphatic heterocycles. The zero-order valence-electron chi connectivity index (χ0n) is 12.1. The third kappa shape index (κ3) is 2.64. The van der Waals surface area contributed by atoms with E-state index in [0.717, 1.165) is 6.04 Å². The van der Waals surface area contributed by atoms with Crippen LogP contribution in [0.5, 0.6) is 0 Å². The summed E-state index contributed by atoms with van der Waals surface area (Å²) in [6, 6.07) is 10.4. The van der Waals surface area contributed by atoms with Crippen molar-refractivity contribution < 1.29 is 0 Å². The van der Waals surface area contributed by atoms with E-state index in [1.807, 2.05) is 0 Å². The molecule has 104 valence electrons. The summed E-state index contributed by atoms with van der Waals surface area (Å²) in [5.74, 6) is 0. The minimum atomic E-state index is 0.532. The fourth-order valence-corrected chi connectivity index (χ4v) is 3.86. The first-order valence-electron chi connectivity index (χ1n) is 7.93. The van der Waals surface area contributed by atoms with Crippen molar-refractivity contribution in [3.8, 4) is 0 Å². The first-order chi connectivity index (χ1) is 9.40. The minimum absolute atomic E-state index is 0.532. The van der Waals surface area contributed by atoms with Gasteiger partial charge in [0, 0.05) is 24.3 Å². The van der Waals surface area contributed by atoms with Crippen molar-refractivity contribution in [2.75, 3.05) is 18.5 Å². The van der Waals surface area contributed by atoms with Crippen LogP contribution in [0.25, 0.3) is 0 Å². The lowest BCUT2D eigenvalue weighted by Crippen LogP contribution is -2.37. The summed E-state index contributed by atoms with van der Waals surface area (Å²) in [6.45, 7) is 1.24. The Balaban J connectivity index is 1.91. The van der Waals surface area contributed by atoms with Gasteiger partial charge in [-0.15, -0.1) is 0 Å². The fraction of sp³-hybridized carbons (Fsp3) is 0.647. The second kappa shape index (κ2) is 5.96. The molecule has 0 radical (unpaired) electrons. The Kier molecular flexibility index (Phi) is 4.07. The van der Waals surface area contributed by atoms with Gasteiger partial charge in [-0.25, -0.2) is 0 Å². The van der Waals surface area contributed by atoms with Gasteiger partial charge >= 0.3 is 0 Å². The molecular weight excluding hydrogens is 232 g/mol. The van der Waals surface area contributed by atoms with E-state index in [1.165, 1.54) is 62.7 Å². The van der Waals surface area contributed by atoms with E-state index < -0.39 is 0 Å². The van der Waals surface area contributed by atoms with Gasteiger partial charge in [0.15, 0.2) is 0 Å². The first kappa shape index (κ1) is 13.0. The third-order valence-corrected chi connectivity index (χ3v) is 4.88. The smallest absolute Gasteiger partial charge is 0.0417 e. The molecule has 1 fully saturated rings. The van der Waals surface area contributed by atoms with Gasteiger partial charge in [-0.1, -0.05) is 37.5 Å². The molecule has 0 saturated heterocycles. The van der Waals surface area contributed by atoms with Crippen LogP contribution in [0.3, 0.4) is 0 Å². The molecule has 2 aliphatic rings. The molecule has 3 rings (SSSR count). The number of hydrogen-bond acceptors (Lipinski definition) is 2. The van der Waals surface area contributed by atoms with E-state index in [9.17, 15) is 0 Å². The molecule has 1 aliphatic carbocycles. The normalized spacial score (nSPS) is 24.9. The van der Waals surface area contributed by atoms with Crippen molar-refractivity contribution in [3.63, 3.8) is 0 Å². The lowest BCUT2D eigenvalue weighted by molar-refractivity contribution is 0.412. The topological polar surface area (TPSA) is 15.3 Å². The second-order valence-electron chi connectivity index (χ2n) is 6.03. The van der Waals surface area contributed by atoms with Crippen LogP contribution in [0.4, 0.5) is 5.69 Å². The summed E-state index contributed by atoms with van der Waals surface area (Å²) in [4.78, 5) is 2.71. The van der Waals surface area contributed by atoms with Gasteiger partial charge in [-0.2, -0.15) is 0 Å². The molecule has 0 bridgehead atoms. The maximum atomic E-state index is 3.50. The molecule has 2 nitrogen and oxygen atoms in total. The van der Waals surface area contributed by atoms with Crippen LogP contribution in [0.2, 0.25) is 0 Å². The maximum Gasteiger partial charge on any atom is 0.0417 e. The van der Waals surface area contributed by atoms with Crippen molar-refractivity contribution in [1.29, 1.82) is 0 Å². The van der Waals surface area contributed by atoms with Crippen molar-refractivity contribution in [1.82, 2.24) is 5.32 Å². The highest BCUT2D eigenvalue weighted by atomic mass is 15.2. The molecule has 1 aromatic rings. The summed E-state index contributed by atoms with van der Waals surface area (Å²) in [5.41, 5.74) is 3.00. The van der Waals surface area contributed by atoms with Crippen LogP contribution in [-0.2, 0) is 0 Å². The van der Waals surface area contributed by atoms with Crippen molar-refractivity contribution in [2.45, 2.75) is 57.0 Å². The molecule has 0 amide bonds. The van der Waals surface area contributed by atoms with Crippen LogP contribution >= 0.6 is 0 Å². The van der Waals surface area contributed by atoms with Crippen LogP contribution in [0, 0.1) is 0 Å². The summed E-state index contributed by atoms with van der Waals surface area (Å²) >= 11 is 0. The summed E-state index contributed by atoms with van der Waals surface area (Å²) in [6.07, 6.45) is 9.60. The van der Waals surface area contributed by atoms with Gasteiger partial charge in [-0.05, 0) is 44.4 Å². The van der Waals surface area contributed by atoms with Crippen molar-refractivity contribution >= 4 is 5.69 Å². The Hall–Kier alpha value is -1.02. The Labute approximate surface area is 117 Å². The zero-order valence-corrected chi connectivity index (χ0v) is 12.1. The molecule has 1 N–H and O–H groups in total. The van der Waals surface area contributed by atoms with Gasteiger partial charge in [0.2, 0.25) is 0 Å².